The largest absolute Gasteiger partial charge is 0.310 e. The van der Waals surface area contributed by atoms with Crippen molar-refractivity contribution >= 4 is 102 Å². The summed E-state index contributed by atoms with van der Waals surface area (Å²) in [5, 5.41) is 10.2. The number of nitrogens with zero attached hydrogens (tertiary/aromatic N) is 1. The van der Waals surface area contributed by atoms with Crippen molar-refractivity contribution in [1.82, 2.24) is 0 Å². The fraction of sp³-hybridized carbons (Fsp3) is 0. The molecule has 9 aromatic carbocycles. The minimum Gasteiger partial charge on any atom is -0.310 e. The van der Waals surface area contributed by atoms with E-state index in [2.05, 4.69) is 193 Å². The molecule has 0 N–H and O–H groups in total. The Hall–Kier alpha value is -6.26. The van der Waals surface area contributed by atoms with Crippen molar-refractivity contribution in [2.45, 2.75) is 0 Å². The van der Waals surface area contributed by atoms with Gasteiger partial charge in [-0.2, -0.15) is 0 Å². The van der Waals surface area contributed by atoms with E-state index in [4.69, 9.17) is 0 Å². The smallest absolute Gasteiger partial charge is 0.0546 e. The minimum atomic E-state index is 1.13. The first kappa shape index (κ1) is 30.4. The summed E-state index contributed by atoms with van der Waals surface area (Å²) in [5.41, 5.74) is 8.35. The molecule has 0 saturated heterocycles. The third-order valence-corrected chi connectivity index (χ3v) is 12.9. The first-order valence-corrected chi connectivity index (χ1v) is 19.6. The molecule has 0 atom stereocenters. The summed E-state index contributed by atoms with van der Waals surface area (Å²) in [4.78, 5) is 2.45. The zero-order valence-corrected chi connectivity index (χ0v) is 30.3. The van der Waals surface area contributed by atoms with Gasteiger partial charge in [-0.15, -0.1) is 22.7 Å². The van der Waals surface area contributed by atoms with Gasteiger partial charge in [0.25, 0.3) is 0 Å². The third kappa shape index (κ3) is 5.04. The normalized spacial score (nSPS) is 11.8. The van der Waals surface area contributed by atoms with Crippen LogP contribution >= 0.6 is 22.7 Å². The van der Waals surface area contributed by atoms with E-state index in [0.29, 0.717) is 0 Å². The Morgan fingerprint density at radius 3 is 1.51 bits per heavy atom. The Morgan fingerprint density at radius 2 is 0.774 bits per heavy atom. The SMILES string of the molecule is c1ccc(-c2ccc(N(c3ccc4sc5ccc(-c6ccc7sc8ccccc8c7c6)cc5c4c3)c3cc4ccccc4c4ccccc34)cc2)cc1. The molecule has 1 nitrogen and oxygen atoms in total. The van der Waals surface area contributed by atoms with Gasteiger partial charge >= 0.3 is 0 Å². The Labute approximate surface area is 315 Å². The van der Waals surface area contributed by atoms with Crippen LogP contribution in [0.5, 0.6) is 0 Å². The number of benzene rings is 9. The zero-order valence-electron chi connectivity index (χ0n) is 28.7. The van der Waals surface area contributed by atoms with E-state index in [9.17, 15) is 0 Å². The zero-order chi connectivity index (χ0) is 34.9. The van der Waals surface area contributed by atoms with Crippen LogP contribution in [0.25, 0.3) is 84.1 Å². The van der Waals surface area contributed by atoms with Gasteiger partial charge in [0.1, 0.15) is 0 Å². The maximum atomic E-state index is 2.45. The monoisotopic (exact) mass is 709 g/mol. The van der Waals surface area contributed by atoms with Gasteiger partial charge in [-0.05, 0) is 105 Å². The van der Waals surface area contributed by atoms with Crippen molar-refractivity contribution in [3.05, 3.63) is 188 Å². The minimum absolute atomic E-state index is 1.13. The molecule has 0 aliphatic heterocycles. The van der Waals surface area contributed by atoms with Gasteiger partial charge in [0.2, 0.25) is 0 Å². The van der Waals surface area contributed by atoms with Crippen molar-refractivity contribution in [2.75, 3.05) is 4.90 Å². The van der Waals surface area contributed by atoms with Gasteiger partial charge in [0.15, 0.2) is 0 Å². The van der Waals surface area contributed by atoms with Crippen LogP contribution in [0.2, 0.25) is 0 Å². The molecule has 0 radical (unpaired) electrons. The highest BCUT2D eigenvalue weighted by atomic mass is 32.1. The van der Waals surface area contributed by atoms with Crippen molar-refractivity contribution in [1.29, 1.82) is 0 Å². The second-order valence-electron chi connectivity index (χ2n) is 13.7. The number of rotatable bonds is 5. The number of hydrogen-bond acceptors (Lipinski definition) is 3. The van der Waals surface area contributed by atoms with Crippen LogP contribution in [0.1, 0.15) is 0 Å². The molecule has 0 aliphatic rings. The molecular weight excluding hydrogens is 679 g/mol. The van der Waals surface area contributed by atoms with Crippen LogP contribution in [0, 0.1) is 0 Å². The first-order valence-electron chi connectivity index (χ1n) is 18.0. The molecule has 0 amide bonds. The molecule has 11 aromatic rings. The molecule has 0 fully saturated rings. The van der Waals surface area contributed by atoms with Crippen LogP contribution in [0.4, 0.5) is 17.1 Å². The molecule has 2 aromatic heterocycles. The van der Waals surface area contributed by atoms with Crippen molar-refractivity contribution in [3.63, 3.8) is 0 Å². The summed E-state index contributed by atoms with van der Waals surface area (Å²) < 4.78 is 5.27. The highest BCUT2D eigenvalue weighted by Crippen LogP contribution is 2.45. The van der Waals surface area contributed by atoms with Crippen LogP contribution in [-0.4, -0.2) is 0 Å². The van der Waals surface area contributed by atoms with Crippen LogP contribution in [0.3, 0.4) is 0 Å². The van der Waals surface area contributed by atoms with Crippen molar-refractivity contribution in [3.8, 4) is 22.3 Å². The summed E-state index contributed by atoms with van der Waals surface area (Å²) in [7, 11) is 0. The van der Waals surface area contributed by atoms with Crippen LogP contribution in [-0.2, 0) is 0 Å². The predicted octanol–water partition coefficient (Wildman–Crippen LogP) is 15.5. The van der Waals surface area contributed by atoms with Crippen molar-refractivity contribution in [2.24, 2.45) is 0 Å². The lowest BCUT2D eigenvalue weighted by Crippen LogP contribution is -2.10. The average Bonchev–Trinajstić information content (AvgIpc) is 3.79. The molecule has 248 valence electrons. The van der Waals surface area contributed by atoms with E-state index < -0.39 is 0 Å². The molecular formula is C50H31NS2. The van der Waals surface area contributed by atoms with Gasteiger partial charge in [0, 0.05) is 57.1 Å². The quantitative estimate of drug-likeness (QED) is 0.161. The molecule has 0 saturated carbocycles. The van der Waals surface area contributed by atoms with Crippen molar-refractivity contribution < 1.29 is 0 Å². The van der Waals surface area contributed by atoms with E-state index in [1.54, 1.807) is 0 Å². The van der Waals surface area contributed by atoms with Gasteiger partial charge in [-0.3, -0.25) is 0 Å². The lowest BCUT2D eigenvalue weighted by atomic mass is 9.98. The predicted molar refractivity (Wildman–Crippen MR) is 233 cm³/mol. The topological polar surface area (TPSA) is 3.24 Å². The number of anilines is 3. The summed E-state index contributed by atoms with van der Waals surface area (Å²) in [5.74, 6) is 0. The Kier molecular flexibility index (Phi) is 6.97. The Morgan fingerprint density at radius 1 is 0.283 bits per heavy atom. The average molecular weight is 710 g/mol. The van der Waals surface area contributed by atoms with Gasteiger partial charge in [0.05, 0.1) is 5.69 Å². The van der Waals surface area contributed by atoms with Crippen LogP contribution < -0.4 is 4.90 Å². The van der Waals surface area contributed by atoms with E-state index in [-0.39, 0.29) is 0 Å². The maximum Gasteiger partial charge on any atom is 0.0546 e. The number of thiophene rings is 2. The summed E-state index contributed by atoms with van der Waals surface area (Å²) in [6, 6.07) is 69.3. The second-order valence-corrected chi connectivity index (χ2v) is 15.9. The Bertz CT molecular complexity index is 3170. The standard InChI is InChI=1S/C50H31NS2/c1-2-10-32(11-3-1)33-18-22-37(23-19-33)51(46-30-36-12-4-5-13-39(36)40-14-6-7-15-41(40)46)38-24-27-50-45(31-38)44-29-35(21-26-49(44)53-50)34-20-25-48-43(28-34)42-16-8-9-17-47(42)52-48/h1-31H. The number of hydrogen-bond donors (Lipinski definition) is 0. The lowest BCUT2D eigenvalue weighted by Gasteiger charge is -2.28. The highest BCUT2D eigenvalue weighted by molar-refractivity contribution is 7.26. The molecule has 0 spiro atoms. The lowest BCUT2D eigenvalue weighted by molar-refractivity contribution is 1.31. The molecule has 11 rings (SSSR count). The third-order valence-electron chi connectivity index (χ3n) is 10.6. The van der Waals surface area contributed by atoms with Gasteiger partial charge in [-0.1, -0.05) is 121 Å². The van der Waals surface area contributed by atoms with Crippen LogP contribution in [0.15, 0.2) is 188 Å². The fourth-order valence-electron chi connectivity index (χ4n) is 8.07. The Balaban J connectivity index is 1.10. The summed E-state index contributed by atoms with van der Waals surface area (Å²) in [6.45, 7) is 0. The first-order chi connectivity index (χ1) is 26.2. The van der Waals surface area contributed by atoms with Gasteiger partial charge < -0.3 is 4.90 Å². The van der Waals surface area contributed by atoms with E-state index in [0.717, 1.165) is 11.4 Å². The number of fused-ring (bicyclic) bond motifs is 9. The summed E-state index contributed by atoms with van der Waals surface area (Å²) in [6.07, 6.45) is 0. The van der Waals surface area contributed by atoms with E-state index in [1.165, 1.54) is 89.8 Å². The molecule has 2 heterocycles. The van der Waals surface area contributed by atoms with Gasteiger partial charge in [-0.25, -0.2) is 0 Å². The molecule has 0 bridgehead atoms. The molecule has 53 heavy (non-hydrogen) atoms. The second kappa shape index (κ2) is 12.2. The molecule has 0 unspecified atom stereocenters. The molecule has 0 aliphatic carbocycles. The van der Waals surface area contributed by atoms with E-state index in [1.807, 2.05) is 22.7 Å². The highest BCUT2D eigenvalue weighted by Gasteiger charge is 2.19. The summed E-state index contributed by atoms with van der Waals surface area (Å²) >= 11 is 3.74. The van der Waals surface area contributed by atoms with E-state index >= 15 is 0 Å². The fourth-order valence-corrected chi connectivity index (χ4v) is 10.2. The molecule has 3 heteroatoms. The maximum absolute atomic E-state index is 2.45.